The highest BCUT2D eigenvalue weighted by Gasteiger charge is 2.31. The molecule has 1 aromatic heterocycles. The van der Waals surface area contributed by atoms with E-state index in [0.29, 0.717) is 17.0 Å². The van der Waals surface area contributed by atoms with Gasteiger partial charge in [-0.2, -0.15) is 18.3 Å². The fourth-order valence-corrected chi connectivity index (χ4v) is 3.18. The van der Waals surface area contributed by atoms with E-state index in [1.807, 2.05) is 0 Å². The maximum Gasteiger partial charge on any atom is 0.408 e. The number of nitrogens with zero attached hydrogens (tertiary/aromatic N) is 2. The Hall–Kier alpha value is -1.57. The summed E-state index contributed by atoms with van der Waals surface area (Å²) in [5, 5.41) is 16.0. The number of hydrogen-bond donors (Lipinski definition) is 2. The number of hydrogen-bond acceptors (Lipinski definition) is 3. The smallest absolute Gasteiger partial charge is 0.396 e. The number of rotatable bonds is 5. The second-order valence-corrected chi connectivity index (χ2v) is 6.15. The summed E-state index contributed by atoms with van der Waals surface area (Å²) in [7, 11) is 0. The molecule has 1 fully saturated rings. The third kappa shape index (κ3) is 4.46. The number of carbonyl (C=O) groups excluding carboxylic acids is 1. The number of carbonyl (C=O) groups is 1. The molecule has 0 bridgehead atoms. The maximum absolute atomic E-state index is 12.5. The van der Waals surface area contributed by atoms with Crippen molar-refractivity contribution in [1.82, 2.24) is 15.1 Å². The van der Waals surface area contributed by atoms with Gasteiger partial charge in [-0.05, 0) is 26.7 Å². The van der Waals surface area contributed by atoms with E-state index in [9.17, 15) is 23.1 Å². The van der Waals surface area contributed by atoms with Gasteiger partial charge in [0, 0.05) is 29.8 Å². The number of aryl methyl sites for hydroxylation is 1. The fraction of sp³-hybridized carbons (Fsp3) is 0.733. The van der Waals surface area contributed by atoms with Crippen LogP contribution in [0.3, 0.4) is 0 Å². The van der Waals surface area contributed by atoms with Crippen LogP contribution in [-0.2, 0) is 17.8 Å². The lowest BCUT2D eigenvalue weighted by molar-refractivity contribution is -0.143. The van der Waals surface area contributed by atoms with E-state index >= 15 is 0 Å². The second kappa shape index (κ2) is 6.90. The van der Waals surface area contributed by atoms with Gasteiger partial charge in [0.1, 0.15) is 6.54 Å². The predicted octanol–water partition coefficient (Wildman–Crippen LogP) is 1.88. The molecule has 130 valence electrons. The number of alkyl halides is 3. The number of aliphatic hydroxyl groups is 1. The van der Waals surface area contributed by atoms with Crippen LogP contribution in [0.2, 0.25) is 0 Å². The Morgan fingerprint density at radius 1 is 1.39 bits per heavy atom. The van der Waals surface area contributed by atoms with Gasteiger partial charge < -0.3 is 10.4 Å². The van der Waals surface area contributed by atoms with Gasteiger partial charge >= 0.3 is 6.18 Å². The van der Waals surface area contributed by atoms with Crippen LogP contribution in [0.1, 0.15) is 36.2 Å². The molecule has 1 heterocycles. The predicted molar refractivity (Wildman–Crippen MR) is 77.8 cm³/mol. The van der Waals surface area contributed by atoms with Crippen molar-refractivity contribution < 1.29 is 23.1 Å². The molecule has 5 nitrogen and oxygen atoms in total. The van der Waals surface area contributed by atoms with Gasteiger partial charge in [0.2, 0.25) is 5.91 Å². The molecule has 2 atom stereocenters. The van der Waals surface area contributed by atoms with Crippen LogP contribution in [0, 0.1) is 19.8 Å². The molecule has 0 aliphatic heterocycles. The highest BCUT2D eigenvalue weighted by atomic mass is 19.4. The van der Waals surface area contributed by atoms with E-state index in [4.69, 9.17) is 0 Å². The van der Waals surface area contributed by atoms with Crippen molar-refractivity contribution in [2.75, 3.05) is 6.61 Å². The maximum atomic E-state index is 12.5. The molecular formula is C15H22F3N3O2. The average Bonchev–Trinajstić information content (AvgIpc) is 2.97. The normalized spacial score (nSPS) is 21.7. The van der Waals surface area contributed by atoms with Gasteiger partial charge in [-0.1, -0.05) is 6.42 Å². The van der Waals surface area contributed by atoms with Crippen molar-refractivity contribution in [1.29, 1.82) is 0 Å². The summed E-state index contributed by atoms with van der Waals surface area (Å²) in [6.07, 6.45) is -1.69. The zero-order valence-electron chi connectivity index (χ0n) is 13.3. The molecule has 23 heavy (non-hydrogen) atoms. The van der Waals surface area contributed by atoms with E-state index in [1.54, 1.807) is 13.8 Å². The summed E-state index contributed by atoms with van der Waals surface area (Å²) >= 11 is 0. The Labute approximate surface area is 132 Å². The first kappa shape index (κ1) is 17.8. The number of aliphatic hydroxyl groups excluding tert-OH is 1. The van der Waals surface area contributed by atoms with Crippen LogP contribution in [0.4, 0.5) is 13.2 Å². The van der Waals surface area contributed by atoms with Crippen LogP contribution in [-0.4, -0.2) is 39.6 Å². The molecule has 0 aromatic carbocycles. The lowest BCUT2D eigenvalue weighted by Crippen LogP contribution is -2.39. The second-order valence-electron chi connectivity index (χ2n) is 6.15. The zero-order valence-corrected chi connectivity index (χ0v) is 13.3. The molecule has 1 aliphatic rings. The summed E-state index contributed by atoms with van der Waals surface area (Å²) in [6, 6.07) is -0.0571. The van der Waals surface area contributed by atoms with E-state index in [1.165, 1.54) is 0 Å². The highest BCUT2D eigenvalue weighted by molar-refractivity contribution is 5.79. The molecule has 1 saturated carbocycles. The number of halogens is 3. The molecular weight excluding hydrogens is 311 g/mol. The first-order valence-electron chi connectivity index (χ1n) is 7.71. The van der Waals surface area contributed by atoms with Crippen molar-refractivity contribution in [3.63, 3.8) is 0 Å². The Morgan fingerprint density at radius 3 is 2.70 bits per heavy atom. The average molecular weight is 333 g/mol. The van der Waals surface area contributed by atoms with Crippen LogP contribution in [0.5, 0.6) is 0 Å². The first-order valence-corrected chi connectivity index (χ1v) is 7.71. The largest absolute Gasteiger partial charge is 0.408 e. The number of aromatic nitrogens is 2. The van der Waals surface area contributed by atoms with Crippen molar-refractivity contribution >= 4 is 5.91 Å². The lowest BCUT2D eigenvalue weighted by Gasteiger charge is -2.19. The minimum atomic E-state index is -4.35. The molecule has 2 unspecified atom stereocenters. The van der Waals surface area contributed by atoms with E-state index in [2.05, 4.69) is 10.4 Å². The summed E-state index contributed by atoms with van der Waals surface area (Å²) < 4.78 is 38.4. The minimum Gasteiger partial charge on any atom is -0.396 e. The highest BCUT2D eigenvalue weighted by Crippen LogP contribution is 2.25. The van der Waals surface area contributed by atoms with Crippen LogP contribution in [0.25, 0.3) is 0 Å². The minimum absolute atomic E-state index is 0.00414. The Balaban J connectivity index is 2.03. The zero-order chi connectivity index (χ0) is 17.2. The molecule has 1 aromatic rings. The third-order valence-electron chi connectivity index (χ3n) is 4.44. The fourth-order valence-electron chi connectivity index (χ4n) is 3.18. The summed E-state index contributed by atoms with van der Waals surface area (Å²) in [6.45, 7) is 2.03. The van der Waals surface area contributed by atoms with Crippen molar-refractivity contribution in [3.8, 4) is 0 Å². The van der Waals surface area contributed by atoms with Gasteiger partial charge in [-0.25, -0.2) is 0 Å². The van der Waals surface area contributed by atoms with Gasteiger partial charge in [0.15, 0.2) is 0 Å². The van der Waals surface area contributed by atoms with Crippen molar-refractivity contribution in [2.45, 2.75) is 58.3 Å². The molecule has 0 radical (unpaired) electrons. The van der Waals surface area contributed by atoms with Crippen LogP contribution in [0.15, 0.2) is 0 Å². The van der Waals surface area contributed by atoms with Crippen LogP contribution >= 0.6 is 0 Å². The third-order valence-corrected chi connectivity index (χ3v) is 4.44. The van der Waals surface area contributed by atoms with E-state index in [-0.39, 0.29) is 30.9 Å². The van der Waals surface area contributed by atoms with Gasteiger partial charge in [-0.15, -0.1) is 0 Å². The van der Waals surface area contributed by atoms with E-state index < -0.39 is 12.7 Å². The summed E-state index contributed by atoms with van der Waals surface area (Å²) in [5.41, 5.74) is 1.33. The molecule has 2 rings (SSSR count). The van der Waals surface area contributed by atoms with Gasteiger partial charge in [-0.3, -0.25) is 9.48 Å². The Morgan fingerprint density at radius 2 is 2.09 bits per heavy atom. The molecule has 2 N–H and O–H groups in total. The van der Waals surface area contributed by atoms with Gasteiger partial charge in [0.25, 0.3) is 0 Å². The summed E-state index contributed by atoms with van der Waals surface area (Å²) in [5.74, 6) is -0.179. The summed E-state index contributed by atoms with van der Waals surface area (Å²) in [4.78, 5) is 12.2. The SMILES string of the molecule is Cc1nn(CC(F)(F)F)c(C)c1CC(=O)NC1CCCC1CO. The molecule has 0 spiro atoms. The standard InChI is InChI=1S/C15H22F3N3O2/c1-9-12(10(2)21(20-9)8-15(16,17)18)6-14(23)19-13-5-3-4-11(13)7-22/h11,13,22H,3-8H2,1-2H3,(H,19,23). The molecule has 8 heteroatoms. The van der Waals surface area contributed by atoms with Gasteiger partial charge in [0.05, 0.1) is 12.1 Å². The number of nitrogens with one attached hydrogen (secondary N) is 1. The monoisotopic (exact) mass is 333 g/mol. The Kier molecular flexibility index (Phi) is 5.33. The molecule has 0 saturated heterocycles. The van der Waals surface area contributed by atoms with Crippen molar-refractivity contribution in [2.24, 2.45) is 5.92 Å². The van der Waals surface area contributed by atoms with Crippen LogP contribution < -0.4 is 5.32 Å². The molecule has 1 aliphatic carbocycles. The quantitative estimate of drug-likeness (QED) is 0.865. The number of amides is 1. The lowest BCUT2D eigenvalue weighted by atomic mass is 10.0. The van der Waals surface area contributed by atoms with Crippen molar-refractivity contribution in [3.05, 3.63) is 17.0 Å². The first-order chi connectivity index (χ1) is 10.7. The van der Waals surface area contributed by atoms with E-state index in [0.717, 1.165) is 23.9 Å². The molecule has 1 amide bonds. The topological polar surface area (TPSA) is 67.2 Å². The Bertz CT molecular complexity index is 569.